The fraction of sp³-hybridized carbons (Fsp3) is 0.636. The molecule has 1 atom stereocenters. The molecular weight excluding hydrogens is 162 g/mol. The van der Waals surface area contributed by atoms with E-state index in [-0.39, 0.29) is 0 Å². The van der Waals surface area contributed by atoms with Crippen molar-refractivity contribution in [3.05, 3.63) is 23.5 Å². The Labute approximate surface area is 80.7 Å². The van der Waals surface area contributed by atoms with Crippen LogP contribution in [0, 0.1) is 5.92 Å². The lowest BCUT2D eigenvalue weighted by Crippen LogP contribution is -2.12. The Balaban J connectivity index is 2.51. The molecule has 0 amide bonds. The topological polar surface area (TPSA) is 21.3 Å². The second-order valence-corrected chi connectivity index (χ2v) is 3.56. The number of hydrogen-bond donors (Lipinski definition) is 1. The number of ether oxygens (including phenoxy) is 1. The van der Waals surface area contributed by atoms with Crippen LogP contribution in [-0.4, -0.2) is 20.7 Å². The molecule has 0 radical (unpaired) electrons. The van der Waals surface area contributed by atoms with E-state index in [1.54, 1.807) is 7.11 Å². The van der Waals surface area contributed by atoms with Crippen LogP contribution in [0.2, 0.25) is 0 Å². The minimum Gasteiger partial charge on any atom is -0.501 e. The molecule has 2 nitrogen and oxygen atoms in total. The van der Waals surface area contributed by atoms with Crippen molar-refractivity contribution in [3.8, 4) is 0 Å². The molecule has 2 heteroatoms. The van der Waals surface area contributed by atoms with Crippen LogP contribution in [0.3, 0.4) is 0 Å². The predicted octanol–water partition coefficient (Wildman–Crippen LogP) is 2.09. The Morgan fingerprint density at radius 1 is 1.54 bits per heavy atom. The van der Waals surface area contributed by atoms with Crippen molar-refractivity contribution < 1.29 is 4.74 Å². The summed E-state index contributed by atoms with van der Waals surface area (Å²) in [5.74, 6) is 1.65. The van der Waals surface area contributed by atoms with Crippen LogP contribution in [-0.2, 0) is 4.74 Å². The van der Waals surface area contributed by atoms with Crippen molar-refractivity contribution in [2.75, 3.05) is 20.7 Å². The minimum atomic E-state index is 0.543. The SMILES string of the molecule is CNCCC1=CC=C(OC)C(C)C1. The maximum atomic E-state index is 5.26. The van der Waals surface area contributed by atoms with Crippen molar-refractivity contribution in [1.29, 1.82) is 0 Å². The molecule has 1 aliphatic rings. The summed E-state index contributed by atoms with van der Waals surface area (Å²) in [6.45, 7) is 3.27. The molecule has 1 unspecified atom stereocenters. The van der Waals surface area contributed by atoms with Gasteiger partial charge in [0.1, 0.15) is 0 Å². The third-order valence-electron chi connectivity index (χ3n) is 2.47. The largest absolute Gasteiger partial charge is 0.501 e. The number of rotatable bonds is 4. The predicted molar refractivity (Wildman–Crippen MR) is 55.5 cm³/mol. The number of nitrogens with one attached hydrogen (secondary N) is 1. The number of allylic oxidation sites excluding steroid dienone is 3. The van der Waals surface area contributed by atoms with Gasteiger partial charge in [-0.2, -0.15) is 0 Å². The summed E-state index contributed by atoms with van der Waals surface area (Å²) >= 11 is 0. The summed E-state index contributed by atoms with van der Waals surface area (Å²) in [4.78, 5) is 0. The molecule has 0 aromatic rings. The summed E-state index contributed by atoms with van der Waals surface area (Å²) in [5, 5.41) is 3.16. The van der Waals surface area contributed by atoms with Gasteiger partial charge in [0.15, 0.2) is 0 Å². The van der Waals surface area contributed by atoms with Crippen molar-refractivity contribution in [2.24, 2.45) is 5.92 Å². The van der Waals surface area contributed by atoms with Crippen LogP contribution in [0.5, 0.6) is 0 Å². The zero-order valence-electron chi connectivity index (χ0n) is 8.76. The molecule has 13 heavy (non-hydrogen) atoms. The molecule has 0 heterocycles. The van der Waals surface area contributed by atoms with E-state index in [0.29, 0.717) is 5.92 Å². The average Bonchev–Trinajstić information content (AvgIpc) is 2.15. The first kappa shape index (κ1) is 10.3. The van der Waals surface area contributed by atoms with E-state index in [4.69, 9.17) is 4.74 Å². The monoisotopic (exact) mass is 181 g/mol. The normalized spacial score (nSPS) is 22.2. The highest BCUT2D eigenvalue weighted by molar-refractivity contribution is 5.23. The Kier molecular flexibility index (Phi) is 4.03. The molecule has 1 aliphatic carbocycles. The highest BCUT2D eigenvalue weighted by atomic mass is 16.5. The second-order valence-electron chi connectivity index (χ2n) is 3.56. The molecule has 74 valence electrons. The van der Waals surface area contributed by atoms with E-state index >= 15 is 0 Å². The molecule has 0 aromatic carbocycles. The lowest BCUT2D eigenvalue weighted by molar-refractivity contribution is 0.244. The first-order valence-corrected chi connectivity index (χ1v) is 4.86. The van der Waals surface area contributed by atoms with Crippen LogP contribution in [0.15, 0.2) is 23.5 Å². The van der Waals surface area contributed by atoms with E-state index in [1.807, 2.05) is 7.05 Å². The lowest BCUT2D eigenvalue weighted by atomic mass is 9.92. The van der Waals surface area contributed by atoms with Gasteiger partial charge >= 0.3 is 0 Å². The molecule has 0 bridgehead atoms. The van der Waals surface area contributed by atoms with Gasteiger partial charge in [0.25, 0.3) is 0 Å². The molecule has 1 N–H and O–H groups in total. The van der Waals surface area contributed by atoms with Gasteiger partial charge in [-0.05, 0) is 32.5 Å². The highest BCUT2D eigenvalue weighted by Gasteiger charge is 2.14. The van der Waals surface area contributed by atoms with Crippen molar-refractivity contribution in [3.63, 3.8) is 0 Å². The molecule has 0 saturated heterocycles. The zero-order valence-corrected chi connectivity index (χ0v) is 8.76. The highest BCUT2D eigenvalue weighted by Crippen LogP contribution is 2.26. The van der Waals surface area contributed by atoms with E-state index in [9.17, 15) is 0 Å². The smallest absolute Gasteiger partial charge is 0.0986 e. The fourth-order valence-electron chi connectivity index (χ4n) is 1.67. The van der Waals surface area contributed by atoms with Crippen LogP contribution in [0.1, 0.15) is 19.8 Å². The van der Waals surface area contributed by atoms with E-state index in [0.717, 1.165) is 25.1 Å². The second kappa shape index (κ2) is 5.07. The van der Waals surface area contributed by atoms with Crippen molar-refractivity contribution in [2.45, 2.75) is 19.8 Å². The summed E-state index contributed by atoms with van der Waals surface area (Å²) in [5.41, 5.74) is 1.52. The zero-order chi connectivity index (χ0) is 9.68. The van der Waals surface area contributed by atoms with Crippen LogP contribution in [0.4, 0.5) is 0 Å². The van der Waals surface area contributed by atoms with Gasteiger partial charge in [-0.3, -0.25) is 0 Å². The van der Waals surface area contributed by atoms with Gasteiger partial charge in [-0.15, -0.1) is 0 Å². The summed E-state index contributed by atoms with van der Waals surface area (Å²) in [6.07, 6.45) is 6.57. The molecule has 0 saturated carbocycles. The standard InChI is InChI=1S/C11H19NO/c1-9-8-10(6-7-12-2)4-5-11(9)13-3/h4-5,9,12H,6-8H2,1-3H3. The number of hydrogen-bond acceptors (Lipinski definition) is 2. The first-order chi connectivity index (χ1) is 6.27. The van der Waals surface area contributed by atoms with Crippen molar-refractivity contribution in [1.82, 2.24) is 5.32 Å². The summed E-state index contributed by atoms with van der Waals surface area (Å²) in [7, 11) is 3.73. The van der Waals surface area contributed by atoms with Crippen LogP contribution < -0.4 is 5.32 Å². The van der Waals surface area contributed by atoms with Gasteiger partial charge in [0.2, 0.25) is 0 Å². The molecule has 0 aliphatic heterocycles. The Morgan fingerprint density at radius 3 is 2.85 bits per heavy atom. The summed E-state index contributed by atoms with van der Waals surface area (Å²) < 4.78 is 5.26. The molecule has 0 aromatic heterocycles. The van der Waals surface area contributed by atoms with E-state index in [2.05, 4.69) is 24.4 Å². The third-order valence-corrected chi connectivity index (χ3v) is 2.47. The van der Waals surface area contributed by atoms with Gasteiger partial charge in [0.05, 0.1) is 12.9 Å². The fourth-order valence-corrected chi connectivity index (χ4v) is 1.67. The van der Waals surface area contributed by atoms with Gasteiger partial charge in [-0.25, -0.2) is 0 Å². The molecule has 0 fully saturated rings. The van der Waals surface area contributed by atoms with Crippen LogP contribution >= 0.6 is 0 Å². The minimum absolute atomic E-state index is 0.543. The average molecular weight is 181 g/mol. The van der Waals surface area contributed by atoms with Gasteiger partial charge in [0, 0.05) is 5.92 Å². The van der Waals surface area contributed by atoms with E-state index in [1.165, 1.54) is 5.57 Å². The molecule has 1 rings (SSSR count). The maximum absolute atomic E-state index is 5.26. The van der Waals surface area contributed by atoms with Crippen molar-refractivity contribution >= 4 is 0 Å². The molecule has 0 spiro atoms. The van der Waals surface area contributed by atoms with Crippen LogP contribution in [0.25, 0.3) is 0 Å². The Hall–Kier alpha value is -0.760. The Bertz CT molecular complexity index is 218. The quantitative estimate of drug-likeness (QED) is 0.717. The van der Waals surface area contributed by atoms with E-state index < -0.39 is 0 Å². The third kappa shape index (κ3) is 2.88. The molecular formula is C11H19NO. The lowest BCUT2D eigenvalue weighted by Gasteiger charge is -2.20. The van der Waals surface area contributed by atoms with Gasteiger partial charge < -0.3 is 10.1 Å². The van der Waals surface area contributed by atoms with Gasteiger partial charge in [-0.1, -0.05) is 18.6 Å². The maximum Gasteiger partial charge on any atom is 0.0986 e. The number of methoxy groups -OCH3 is 1. The first-order valence-electron chi connectivity index (χ1n) is 4.86. The summed E-state index contributed by atoms with van der Waals surface area (Å²) in [6, 6.07) is 0. The Morgan fingerprint density at radius 2 is 2.31 bits per heavy atom.